The lowest BCUT2D eigenvalue weighted by Crippen LogP contribution is -2.57. The number of methoxy groups -OCH3 is 1. The molecule has 2 aromatic rings. The SMILES string of the molecule is COc1ccc2c(c1)CCN1C[C@H]3CCCN(S(C)(=O)=O)[C@H]3C[C@@H]21.O=C(O)/C=C/c1ccccc1. The van der Waals surface area contributed by atoms with Crippen LogP contribution in [0.15, 0.2) is 54.6 Å². The van der Waals surface area contributed by atoms with Crippen molar-refractivity contribution < 1.29 is 23.1 Å². The molecule has 188 valence electrons. The van der Waals surface area contributed by atoms with Gasteiger partial charge in [-0.1, -0.05) is 36.4 Å². The van der Waals surface area contributed by atoms with Crippen molar-refractivity contribution in [2.75, 3.05) is 33.0 Å². The quantitative estimate of drug-likeness (QED) is 0.645. The molecular formula is C27H34N2O5S. The zero-order valence-electron chi connectivity index (χ0n) is 20.3. The van der Waals surface area contributed by atoms with Crippen molar-refractivity contribution in [3.8, 4) is 5.75 Å². The number of benzene rings is 2. The topological polar surface area (TPSA) is 87.2 Å². The molecule has 3 aliphatic rings. The minimum Gasteiger partial charge on any atom is -0.497 e. The summed E-state index contributed by atoms with van der Waals surface area (Å²) in [6, 6.07) is 16.2. The van der Waals surface area contributed by atoms with Crippen molar-refractivity contribution >= 4 is 22.1 Å². The van der Waals surface area contributed by atoms with Crippen molar-refractivity contribution in [3.05, 3.63) is 71.3 Å². The van der Waals surface area contributed by atoms with Gasteiger partial charge in [-0.2, -0.15) is 4.31 Å². The number of piperidine rings is 2. The van der Waals surface area contributed by atoms with Gasteiger partial charge in [-0.15, -0.1) is 0 Å². The highest BCUT2D eigenvalue weighted by atomic mass is 32.2. The van der Waals surface area contributed by atoms with E-state index in [9.17, 15) is 13.2 Å². The van der Waals surface area contributed by atoms with E-state index >= 15 is 0 Å². The van der Waals surface area contributed by atoms with E-state index in [0.29, 0.717) is 18.5 Å². The fourth-order valence-electron chi connectivity index (χ4n) is 5.66. The zero-order chi connectivity index (χ0) is 25.0. The Morgan fingerprint density at radius 1 is 1.14 bits per heavy atom. The number of hydrogen-bond acceptors (Lipinski definition) is 5. The lowest BCUT2D eigenvalue weighted by atomic mass is 9.77. The lowest BCUT2D eigenvalue weighted by molar-refractivity contribution is -0.131. The van der Waals surface area contributed by atoms with Crippen LogP contribution in [0.3, 0.4) is 0 Å². The molecule has 3 atom stereocenters. The number of carbonyl (C=O) groups is 1. The van der Waals surface area contributed by atoms with Gasteiger partial charge in [-0.25, -0.2) is 13.2 Å². The van der Waals surface area contributed by atoms with Crippen LogP contribution in [-0.2, 0) is 21.2 Å². The van der Waals surface area contributed by atoms with Crippen LogP contribution >= 0.6 is 0 Å². The van der Waals surface area contributed by atoms with Crippen LogP contribution in [0.2, 0.25) is 0 Å². The van der Waals surface area contributed by atoms with Crippen LogP contribution in [0.4, 0.5) is 0 Å². The molecule has 8 heteroatoms. The van der Waals surface area contributed by atoms with Crippen LogP contribution in [0.5, 0.6) is 5.75 Å². The van der Waals surface area contributed by atoms with Crippen LogP contribution in [-0.4, -0.2) is 67.7 Å². The number of carboxylic acid groups (broad SMARTS) is 1. The Balaban J connectivity index is 0.000000221. The maximum Gasteiger partial charge on any atom is 0.328 e. The Kier molecular flexibility index (Phi) is 7.94. The molecule has 0 aromatic heterocycles. The van der Waals surface area contributed by atoms with Gasteiger partial charge in [0.25, 0.3) is 0 Å². The fourth-order valence-corrected chi connectivity index (χ4v) is 6.87. The van der Waals surface area contributed by atoms with Gasteiger partial charge in [-0.05, 0) is 66.5 Å². The van der Waals surface area contributed by atoms with Gasteiger partial charge >= 0.3 is 5.97 Å². The molecule has 0 bridgehead atoms. The molecule has 2 saturated heterocycles. The van der Waals surface area contributed by atoms with Gasteiger partial charge in [0.05, 0.1) is 13.4 Å². The minimum atomic E-state index is -3.13. The summed E-state index contributed by atoms with van der Waals surface area (Å²) >= 11 is 0. The van der Waals surface area contributed by atoms with Gasteiger partial charge in [0, 0.05) is 37.8 Å². The first-order valence-electron chi connectivity index (χ1n) is 12.1. The van der Waals surface area contributed by atoms with Gasteiger partial charge in [0.2, 0.25) is 10.0 Å². The third kappa shape index (κ3) is 6.12. The molecule has 7 nitrogen and oxygen atoms in total. The highest BCUT2D eigenvalue weighted by Crippen LogP contribution is 2.43. The molecule has 0 unspecified atom stereocenters. The Labute approximate surface area is 208 Å². The van der Waals surface area contributed by atoms with E-state index in [1.165, 1.54) is 17.4 Å². The average molecular weight is 499 g/mol. The van der Waals surface area contributed by atoms with E-state index in [1.54, 1.807) is 17.5 Å². The maximum atomic E-state index is 12.2. The molecule has 2 fully saturated rings. The first-order chi connectivity index (χ1) is 16.8. The monoisotopic (exact) mass is 498 g/mol. The van der Waals surface area contributed by atoms with E-state index in [4.69, 9.17) is 9.84 Å². The van der Waals surface area contributed by atoms with Gasteiger partial charge < -0.3 is 9.84 Å². The number of fused-ring (bicyclic) bond motifs is 4. The molecule has 0 aliphatic carbocycles. The number of ether oxygens (including phenoxy) is 1. The molecule has 0 spiro atoms. The second-order valence-electron chi connectivity index (χ2n) is 9.49. The summed E-state index contributed by atoms with van der Waals surface area (Å²) in [5, 5.41) is 8.29. The Hall–Kier alpha value is -2.68. The Morgan fingerprint density at radius 2 is 1.91 bits per heavy atom. The highest BCUT2D eigenvalue weighted by molar-refractivity contribution is 7.88. The first kappa shape index (κ1) is 25.4. The van der Waals surface area contributed by atoms with Crippen molar-refractivity contribution in [2.45, 2.75) is 37.8 Å². The summed E-state index contributed by atoms with van der Waals surface area (Å²) in [6.07, 6.45) is 8.14. The first-order valence-corrected chi connectivity index (χ1v) is 13.9. The molecule has 1 N–H and O–H groups in total. The number of hydrogen-bond donors (Lipinski definition) is 1. The molecule has 2 aromatic carbocycles. The molecule has 0 amide bonds. The van der Waals surface area contributed by atoms with E-state index < -0.39 is 16.0 Å². The molecule has 0 saturated carbocycles. The van der Waals surface area contributed by atoms with E-state index in [1.807, 2.05) is 36.4 Å². The van der Waals surface area contributed by atoms with Crippen molar-refractivity contribution in [2.24, 2.45) is 5.92 Å². The van der Waals surface area contributed by atoms with Crippen LogP contribution in [0.25, 0.3) is 6.08 Å². The minimum absolute atomic E-state index is 0.156. The largest absolute Gasteiger partial charge is 0.497 e. The predicted molar refractivity (Wildman–Crippen MR) is 137 cm³/mol. The van der Waals surface area contributed by atoms with Gasteiger partial charge in [0.1, 0.15) is 5.75 Å². The Morgan fingerprint density at radius 3 is 2.60 bits per heavy atom. The zero-order valence-corrected chi connectivity index (χ0v) is 21.2. The normalized spacial score (nSPS) is 24.5. The van der Waals surface area contributed by atoms with Crippen LogP contribution in [0, 0.1) is 5.92 Å². The summed E-state index contributed by atoms with van der Waals surface area (Å²) in [5.74, 6) is 0.463. The average Bonchev–Trinajstić information content (AvgIpc) is 2.86. The second kappa shape index (κ2) is 10.9. The van der Waals surface area contributed by atoms with E-state index in [0.717, 1.165) is 56.2 Å². The summed E-state index contributed by atoms with van der Waals surface area (Å²) < 4.78 is 31.6. The number of aliphatic carboxylic acids is 1. The van der Waals surface area contributed by atoms with Crippen molar-refractivity contribution in [1.29, 1.82) is 0 Å². The summed E-state index contributed by atoms with van der Waals surface area (Å²) in [6.45, 7) is 2.77. The number of rotatable bonds is 4. The molecule has 5 rings (SSSR count). The van der Waals surface area contributed by atoms with Crippen LogP contribution < -0.4 is 4.74 Å². The number of carboxylic acids is 1. The molecule has 3 aliphatic heterocycles. The highest BCUT2D eigenvalue weighted by Gasteiger charge is 2.44. The lowest BCUT2D eigenvalue weighted by Gasteiger charge is -2.51. The van der Waals surface area contributed by atoms with Crippen molar-refractivity contribution in [3.63, 3.8) is 0 Å². The molecule has 3 heterocycles. The smallest absolute Gasteiger partial charge is 0.328 e. The van der Waals surface area contributed by atoms with E-state index in [-0.39, 0.29) is 6.04 Å². The van der Waals surface area contributed by atoms with Gasteiger partial charge in [0.15, 0.2) is 0 Å². The molecule has 35 heavy (non-hydrogen) atoms. The predicted octanol–water partition coefficient (Wildman–Crippen LogP) is 3.82. The third-order valence-electron chi connectivity index (χ3n) is 7.26. The number of nitrogens with zero attached hydrogens (tertiary/aromatic N) is 2. The van der Waals surface area contributed by atoms with E-state index in [2.05, 4.69) is 17.0 Å². The van der Waals surface area contributed by atoms with Crippen LogP contribution in [0.1, 0.15) is 42.0 Å². The molecule has 0 radical (unpaired) electrons. The third-order valence-corrected chi connectivity index (χ3v) is 8.57. The summed E-state index contributed by atoms with van der Waals surface area (Å²) in [5.41, 5.74) is 3.62. The summed E-state index contributed by atoms with van der Waals surface area (Å²) in [4.78, 5) is 12.7. The van der Waals surface area contributed by atoms with Crippen molar-refractivity contribution in [1.82, 2.24) is 9.21 Å². The maximum absolute atomic E-state index is 12.2. The second-order valence-corrected chi connectivity index (χ2v) is 11.4. The standard InChI is InChI=1S/C18H26N2O3S.C9H8O2/c1-23-15-5-6-16-13(10-15)7-9-19-12-14-4-3-8-20(24(2,21)22)17(14)11-18(16)19;10-9(11)7-6-8-4-2-1-3-5-8/h5-6,10,14,17-18H,3-4,7-9,11-12H2,1-2H3;1-7H,(H,10,11)/b;7-6+/t14-,17+,18+;/m1./s1. The van der Waals surface area contributed by atoms with Gasteiger partial charge in [-0.3, -0.25) is 4.90 Å². The number of sulfonamides is 1. The Bertz CT molecular complexity index is 1170. The summed E-state index contributed by atoms with van der Waals surface area (Å²) in [7, 11) is -1.42. The fraction of sp³-hybridized carbons (Fsp3) is 0.444. The molecular weight excluding hydrogens is 464 g/mol.